The van der Waals surface area contributed by atoms with E-state index in [9.17, 15) is 31.1 Å². The Morgan fingerprint density at radius 1 is 1.00 bits per heavy atom. The molecule has 10 heteroatoms. The van der Waals surface area contributed by atoms with E-state index >= 15 is 0 Å². The lowest BCUT2D eigenvalue weighted by molar-refractivity contribution is -0.144. The zero-order valence-electron chi connectivity index (χ0n) is 8.46. The Labute approximate surface area is 118 Å². The van der Waals surface area contributed by atoms with Crippen LogP contribution in [-0.2, 0) is 12.4 Å². The monoisotopic (exact) mass is 414 g/mol. The number of carbonyl (C=O) groups is 1. The summed E-state index contributed by atoms with van der Waals surface area (Å²) in [6.45, 7) is 0. The number of carboxylic acids is 1. The summed E-state index contributed by atoms with van der Waals surface area (Å²) < 4.78 is 73.6. The molecule has 0 amide bonds. The Hall–Kier alpha value is -0.770. The van der Waals surface area contributed by atoms with E-state index in [4.69, 9.17) is 5.11 Å². The molecule has 0 unspecified atom stereocenters. The molecule has 106 valence electrons. The molecule has 0 radical (unpaired) electrons. The third-order valence-corrected chi connectivity index (χ3v) is 3.67. The first kappa shape index (κ1) is 16.3. The first-order valence-electron chi connectivity index (χ1n) is 4.27. The van der Waals surface area contributed by atoms with Crippen LogP contribution in [0.25, 0.3) is 0 Å². The van der Waals surface area contributed by atoms with Crippen LogP contribution in [0.2, 0.25) is 0 Å². The van der Waals surface area contributed by atoms with Gasteiger partial charge in [0.05, 0.1) is 16.7 Å². The average molecular weight is 416 g/mol. The van der Waals surface area contributed by atoms with Crippen LogP contribution in [-0.4, -0.2) is 11.1 Å². The molecular formula is C9H2Br2F6O2. The molecule has 0 saturated heterocycles. The van der Waals surface area contributed by atoms with Gasteiger partial charge in [0.2, 0.25) is 0 Å². The van der Waals surface area contributed by atoms with Gasteiger partial charge in [-0.3, -0.25) is 0 Å². The van der Waals surface area contributed by atoms with E-state index in [2.05, 4.69) is 31.9 Å². The van der Waals surface area contributed by atoms with Crippen molar-refractivity contribution in [3.05, 3.63) is 31.7 Å². The fraction of sp³-hybridized carbons (Fsp3) is 0.222. The van der Waals surface area contributed by atoms with Crippen molar-refractivity contribution in [2.45, 2.75) is 12.4 Å². The zero-order valence-corrected chi connectivity index (χ0v) is 11.6. The summed E-state index contributed by atoms with van der Waals surface area (Å²) in [6, 6.07) is 0.131. The highest BCUT2D eigenvalue weighted by Crippen LogP contribution is 2.47. The van der Waals surface area contributed by atoms with Gasteiger partial charge in [0.25, 0.3) is 0 Å². The molecule has 1 aromatic carbocycles. The number of aromatic carboxylic acids is 1. The number of halogens is 8. The van der Waals surface area contributed by atoms with Crippen LogP contribution in [0.1, 0.15) is 21.5 Å². The molecule has 0 heterocycles. The lowest BCUT2D eigenvalue weighted by Gasteiger charge is -2.18. The Bertz CT molecular complexity index is 535. The lowest BCUT2D eigenvalue weighted by atomic mass is 10.0. The van der Waals surface area contributed by atoms with E-state index in [1.54, 1.807) is 0 Å². The van der Waals surface area contributed by atoms with E-state index in [-0.39, 0.29) is 6.07 Å². The summed E-state index contributed by atoms with van der Waals surface area (Å²) in [6.07, 6.45) is -10.3. The molecule has 19 heavy (non-hydrogen) atoms. The van der Waals surface area contributed by atoms with E-state index < -0.39 is 44.0 Å². The average Bonchev–Trinajstić information content (AvgIpc) is 2.12. The van der Waals surface area contributed by atoms with Gasteiger partial charge in [0.15, 0.2) is 0 Å². The molecule has 1 rings (SSSR count). The number of benzene rings is 1. The molecule has 0 aromatic heterocycles. The van der Waals surface area contributed by atoms with Crippen LogP contribution in [0.15, 0.2) is 15.0 Å². The SMILES string of the molecule is O=C(O)c1cc(C(F)(F)F)c(Br)c(C(F)(F)F)c1Br. The van der Waals surface area contributed by atoms with Crippen LogP contribution >= 0.6 is 31.9 Å². The van der Waals surface area contributed by atoms with Gasteiger partial charge in [-0.2, -0.15) is 26.3 Å². The Morgan fingerprint density at radius 2 is 1.47 bits per heavy atom. The van der Waals surface area contributed by atoms with Crippen LogP contribution < -0.4 is 0 Å². The largest absolute Gasteiger partial charge is 0.478 e. The van der Waals surface area contributed by atoms with Crippen molar-refractivity contribution in [2.24, 2.45) is 0 Å². The second kappa shape index (κ2) is 4.97. The second-order valence-corrected chi connectivity index (χ2v) is 4.86. The van der Waals surface area contributed by atoms with Gasteiger partial charge in [-0.15, -0.1) is 0 Å². The van der Waals surface area contributed by atoms with Gasteiger partial charge in [-0.05, 0) is 37.9 Å². The van der Waals surface area contributed by atoms with Crippen LogP contribution in [0.4, 0.5) is 26.3 Å². The number of hydrogen-bond donors (Lipinski definition) is 1. The summed E-state index contributed by atoms with van der Waals surface area (Å²) in [5, 5.41) is 8.66. The molecule has 0 aliphatic heterocycles. The lowest BCUT2D eigenvalue weighted by Crippen LogP contribution is -2.16. The van der Waals surface area contributed by atoms with Gasteiger partial charge in [0, 0.05) is 8.95 Å². The first-order valence-corrected chi connectivity index (χ1v) is 5.85. The summed E-state index contributed by atoms with van der Waals surface area (Å²) in [7, 11) is 0. The van der Waals surface area contributed by atoms with Gasteiger partial charge in [0.1, 0.15) is 0 Å². The number of alkyl halides is 6. The predicted molar refractivity (Wildman–Crippen MR) is 58.8 cm³/mol. The minimum absolute atomic E-state index is 0.131. The first-order chi connectivity index (χ1) is 8.37. The van der Waals surface area contributed by atoms with Crippen molar-refractivity contribution in [1.29, 1.82) is 0 Å². The quantitative estimate of drug-likeness (QED) is 0.659. The minimum Gasteiger partial charge on any atom is -0.478 e. The highest BCUT2D eigenvalue weighted by atomic mass is 79.9. The van der Waals surface area contributed by atoms with Crippen LogP contribution in [0.3, 0.4) is 0 Å². The third-order valence-electron chi connectivity index (χ3n) is 2.02. The topological polar surface area (TPSA) is 37.3 Å². The molecule has 0 fully saturated rings. The summed E-state index contributed by atoms with van der Waals surface area (Å²) in [5.74, 6) is -1.91. The van der Waals surface area contributed by atoms with Crippen molar-refractivity contribution in [3.63, 3.8) is 0 Å². The van der Waals surface area contributed by atoms with Gasteiger partial charge in [-0.25, -0.2) is 4.79 Å². The van der Waals surface area contributed by atoms with Crippen LogP contribution in [0, 0.1) is 0 Å². The molecule has 0 bridgehead atoms. The maximum atomic E-state index is 12.7. The normalized spacial score (nSPS) is 12.6. The molecule has 0 spiro atoms. The number of hydrogen-bond acceptors (Lipinski definition) is 1. The fourth-order valence-electron chi connectivity index (χ4n) is 1.25. The zero-order chi connectivity index (χ0) is 15.2. The second-order valence-electron chi connectivity index (χ2n) is 3.28. The summed E-state index contributed by atoms with van der Waals surface area (Å²) in [4.78, 5) is 10.7. The van der Waals surface area contributed by atoms with E-state index in [1.165, 1.54) is 0 Å². The molecular weight excluding hydrogens is 414 g/mol. The van der Waals surface area contributed by atoms with Crippen molar-refractivity contribution >= 4 is 37.8 Å². The fourth-order valence-corrected chi connectivity index (χ4v) is 2.98. The van der Waals surface area contributed by atoms with E-state index in [0.717, 1.165) is 0 Å². The van der Waals surface area contributed by atoms with E-state index in [1.807, 2.05) is 0 Å². The highest BCUT2D eigenvalue weighted by molar-refractivity contribution is 9.11. The Kier molecular flexibility index (Phi) is 4.26. The van der Waals surface area contributed by atoms with Gasteiger partial charge < -0.3 is 5.11 Å². The van der Waals surface area contributed by atoms with Crippen molar-refractivity contribution in [2.75, 3.05) is 0 Å². The van der Waals surface area contributed by atoms with Crippen LogP contribution in [0.5, 0.6) is 0 Å². The summed E-state index contributed by atoms with van der Waals surface area (Å²) >= 11 is 4.60. The predicted octanol–water partition coefficient (Wildman–Crippen LogP) is 4.95. The van der Waals surface area contributed by atoms with Crippen molar-refractivity contribution in [3.8, 4) is 0 Å². The van der Waals surface area contributed by atoms with Crippen molar-refractivity contribution < 1.29 is 36.2 Å². The third kappa shape index (κ3) is 3.22. The molecule has 0 saturated carbocycles. The van der Waals surface area contributed by atoms with E-state index in [0.29, 0.717) is 0 Å². The molecule has 0 aliphatic carbocycles. The molecule has 1 aromatic rings. The minimum atomic E-state index is -5.15. The van der Waals surface area contributed by atoms with Gasteiger partial charge >= 0.3 is 18.3 Å². The van der Waals surface area contributed by atoms with Gasteiger partial charge in [-0.1, -0.05) is 0 Å². The number of rotatable bonds is 1. The smallest absolute Gasteiger partial charge is 0.418 e. The van der Waals surface area contributed by atoms with Crippen molar-refractivity contribution in [1.82, 2.24) is 0 Å². The summed E-state index contributed by atoms with van der Waals surface area (Å²) in [5.41, 5.74) is -4.55. The molecule has 0 atom stereocenters. The Morgan fingerprint density at radius 3 is 1.79 bits per heavy atom. The molecule has 2 nitrogen and oxygen atoms in total. The maximum Gasteiger partial charge on any atom is 0.418 e. The highest BCUT2D eigenvalue weighted by Gasteiger charge is 2.43. The molecule has 0 aliphatic rings. The standard InChI is InChI=1S/C9H2Br2F6O2/c10-5-2(7(18)19)1-3(8(12,13)14)6(11)4(5)9(15,16)17/h1H,(H,18,19). The molecule has 1 N–H and O–H groups in total. The Balaban J connectivity index is 3.82. The maximum absolute atomic E-state index is 12.7. The number of carboxylic acid groups (broad SMARTS) is 1.